The highest BCUT2D eigenvalue weighted by Crippen LogP contribution is 2.28. The third-order valence-electron chi connectivity index (χ3n) is 5.83. The lowest BCUT2D eigenvalue weighted by atomic mass is 9.96. The van der Waals surface area contributed by atoms with Crippen LogP contribution >= 0.6 is 0 Å². The molecule has 0 atom stereocenters. The van der Waals surface area contributed by atoms with Gasteiger partial charge in [-0.2, -0.15) is 0 Å². The van der Waals surface area contributed by atoms with Crippen molar-refractivity contribution in [1.82, 2.24) is 15.2 Å². The van der Waals surface area contributed by atoms with Crippen LogP contribution in [-0.4, -0.2) is 47.5 Å². The van der Waals surface area contributed by atoms with Crippen LogP contribution in [0.15, 0.2) is 24.3 Å². The second-order valence-electron chi connectivity index (χ2n) is 7.67. The maximum Gasteiger partial charge on any atom is 0.339 e. The Hall–Kier alpha value is -2.47. The summed E-state index contributed by atoms with van der Waals surface area (Å²) >= 11 is 0. The molecule has 6 nitrogen and oxygen atoms in total. The van der Waals surface area contributed by atoms with Gasteiger partial charge in [-0.25, -0.2) is 4.79 Å². The zero-order valence-electron chi connectivity index (χ0n) is 16.4. The summed E-state index contributed by atoms with van der Waals surface area (Å²) < 4.78 is 5.45. The number of carbonyl (C=O) groups excluding carboxylic acids is 2. The average Bonchev–Trinajstić information content (AvgIpc) is 3.22. The molecule has 2 heterocycles. The van der Waals surface area contributed by atoms with Crippen molar-refractivity contribution in [2.45, 2.75) is 51.6 Å². The van der Waals surface area contributed by atoms with Crippen LogP contribution in [0.3, 0.4) is 0 Å². The minimum absolute atomic E-state index is 0.220. The van der Waals surface area contributed by atoms with Gasteiger partial charge in [0.1, 0.15) is 0 Å². The summed E-state index contributed by atoms with van der Waals surface area (Å²) in [4.78, 5) is 32.3. The first kappa shape index (κ1) is 18.9. The van der Waals surface area contributed by atoms with Crippen LogP contribution < -0.4 is 5.32 Å². The molecule has 1 N–H and O–H groups in total. The Labute approximate surface area is 165 Å². The van der Waals surface area contributed by atoms with Gasteiger partial charge in [-0.3, -0.25) is 14.7 Å². The molecule has 6 heteroatoms. The minimum Gasteiger partial charge on any atom is -0.452 e. The highest BCUT2D eigenvalue weighted by Gasteiger charge is 2.26. The maximum absolute atomic E-state index is 13.0. The number of aromatic nitrogens is 1. The fourth-order valence-electron chi connectivity index (χ4n) is 4.29. The van der Waals surface area contributed by atoms with Crippen molar-refractivity contribution in [3.8, 4) is 0 Å². The highest BCUT2D eigenvalue weighted by molar-refractivity contribution is 6.05. The van der Waals surface area contributed by atoms with Gasteiger partial charge in [0.05, 0.1) is 11.1 Å². The Morgan fingerprint density at radius 2 is 2.04 bits per heavy atom. The smallest absolute Gasteiger partial charge is 0.339 e. The fourth-order valence-corrected chi connectivity index (χ4v) is 4.29. The quantitative estimate of drug-likeness (QED) is 0.807. The van der Waals surface area contributed by atoms with Gasteiger partial charge in [-0.15, -0.1) is 0 Å². The second-order valence-corrected chi connectivity index (χ2v) is 7.67. The van der Waals surface area contributed by atoms with E-state index >= 15 is 0 Å². The monoisotopic (exact) mass is 381 g/mol. The first-order chi connectivity index (χ1) is 13.7. The number of likely N-dealkylation sites (N-methyl/N-ethyl adjacent to an activating group) is 1. The van der Waals surface area contributed by atoms with Crippen molar-refractivity contribution in [1.29, 1.82) is 0 Å². The Kier molecular flexibility index (Phi) is 5.57. The van der Waals surface area contributed by atoms with E-state index in [1.807, 2.05) is 24.3 Å². The number of pyridine rings is 1. The standard InChI is InChI=1S/C22H27N3O3/c1-2-25-12-11-19-17(13-25)21(16-9-5-6-10-18(16)24-19)22(27)28-14-20(26)23-15-7-3-4-8-15/h5-6,9-10,15H,2-4,7-8,11-14H2,1H3,(H,23,26). The summed E-state index contributed by atoms with van der Waals surface area (Å²) in [5, 5.41) is 3.76. The minimum atomic E-state index is -0.436. The SMILES string of the molecule is CCN1CCc2nc3ccccc3c(C(=O)OCC(=O)NC3CCCC3)c2C1. The Bertz CT molecular complexity index is 890. The van der Waals surface area contributed by atoms with Crippen LogP contribution in [-0.2, 0) is 22.5 Å². The summed E-state index contributed by atoms with van der Waals surface area (Å²) in [6.45, 7) is 4.42. The van der Waals surface area contributed by atoms with Crippen LogP contribution in [0.2, 0.25) is 0 Å². The molecular weight excluding hydrogens is 354 g/mol. The molecule has 1 aromatic heterocycles. The zero-order valence-corrected chi connectivity index (χ0v) is 16.4. The molecule has 1 saturated carbocycles. The summed E-state index contributed by atoms with van der Waals surface area (Å²) in [5.41, 5.74) is 3.26. The second kappa shape index (κ2) is 8.27. The van der Waals surface area contributed by atoms with Crippen molar-refractivity contribution in [2.75, 3.05) is 19.7 Å². The van der Waals surface area contributed by atoms with E-state index in [1.165, 1.54) is 0 Å². The molecule has 1 fully saturated rings. The molecule has 1 aliphatic heterocycles. The van der Waals surface area contributed by atoms with E-state index in [1.54, 1.807) is 0 Å². The van der Waals surface area contributed by atoms with Crippen LogP contribution in [0, 0.1) is 0 Å². The molecule has 1 amide bonds. The van der Waals surface area contributed by atoms with Crippen LogP contribution in [0.25, 0.3) is 10.9 Å². The third-order valence-corrected chi connectivity index (χ3v) is 5.83. The lowest BCUT2D eigenvalue weighted by Crippen LogP contribution is -2.36. The lowest BCUT2D eigenvalue weighted by molar-refractivity contribution is -0.124. The largest absolute Gasteiger partial charge is 0.452 e. The number of esters is 1. The number of ether oxygens (including phenoxy) is 1. The summed E-state index contributed by atoms with van der Waals surface area (Å²) in [5.74, 6) is -0.656. The molecule has 0 saturated heterocycles. The molecule has 0 radical (unpaired) electrons. The molecule has 0 bridgehead atoms. The Morgan fingerprint density at radius 3 is 2.82 bits per heavy atom. The van der Waals surface area contributed by atoms with E-state index in [0.29, 0.717) is 12.1 Å². The summed E-state index contributed by atoms with van der Waals surface area (Å²) in [6.07, 6.45) is 5.13. The van der Waals surface area contributed by atoms with E-state index in [0.717, 1.165) is 67.4 Å². The summed E-state index contributed by atoms with van der Waals surface area (Å²) in [7, 11) is 0. The number of hydrogen-bond acceptors (Lipinski definition) is 5. The molecule has 4 rings (SSSR count). The zero-order chi connectivity index (χ0) is 19.5. The predicted molar refractivity (Wildman–Crippen MR) is 107 cm³/mol. The van der Waals surface area contributed by atoms with Gasteiger partial charge in [0.2, 0.25) is 0 Å². The molecular formula is C22H27N3O3. The van der Waals surface area contributed by atoms with Gasteiger partial charge in [-0.05, 0) is 25.5 Å². The Balaban J connectivity index is 1.57. The topological polar surface area (TPSA) is 71.5 Å². The first-order valence-electron chi connectivity index (χ1n) is 10.2. The lowest BCUT2D eigenvalue weighted by Gasteiger charge is -2.28. The number of nitrogens with zero attached hydrogens (tertiary/aromatic N) is 2. The number of rotatable bonds is 5. The van der Waals surface area contributed by atoms with Crippen LogP contribution in [0.4, 0.5) is 0 Å². The van der Waals surface area contributed by atoms with Crippen molar-refractivity contribution in [2.24, 2.45) is 0 Å². The molecule has 2 aromatic rings. The number of nitrogens with one attached hydrogen (secondary N) is 1. The van der Waals surface area contributed by atoms with E-state index in [2.05, 4.69) is 17.1 Å². The average molecular weight is 381 g/mol. The van der Waals surface area contributed by atoms with E-state index in [4.69, 9.17) is 9.72 Å². The van der Waals surface area contributed by atoms with Crippen LogP contribution in [0.1, 0.15) is 54.2 Å². The molecule has 1 aromatic carbocycles. The number of amides is 1. The number of para-hydroxylation sites is 1. The number of carbonyl (C=O) groups is 2. The van der Waals surface area contributed by atoms with Gasteiger partial charge in [0.15, 0.2) is 6.61 Å². The van der Waals surface area contributed by atoms with Gasteiger partial charge in [0, 0.05) is 42.2 Å². The van der Waals surface area contributed by atoms with E-state index in [9.17, 15) is 9.59 Å². The summed E-state index contributed by atoms with van der Waals surface area (Å²) in [6, 6.07) is 7.88. The van der Waals surface area contributed by atoms with Crippen molar-refractivity contribution >= 4 is 22.8 Å². The van der Waals surface area contributed by atoms with Gasteiger partial charge < -0.3 is 10.1 Å². The van der Waals surface area contributed by atoms with Crippen molar-refractivity contribution < 1.29 is 14.3 Å². The van der Waals surface area contributed by atoms with Crippen LogP contribution in [0.5, 0.6) is 0 Å². The number of hydrogen-bond donors (Lipinski definition) is 1. The molecule has 148 valence electrons. The normalized spacial score (nSPS) is 17.5. The van der Waals surface area contributed by atoms with Crippen molar-refractivity contribution in [3.63, 3.8) is 0 Å². The Morgan fingerprint density at radius 1 is 1.25 bits per heavy atom. The predicted octanol–water partition coefficient (Wildman–Crippen LogP) is 2.83. The molecule has 28 heavy (non-hydrogen) atoms. The number of benzene rings is 1. The van der Waals surface area contributed by atoms with Gasteiger partial charge >= 0.3 is 5.97 Å². The third kappa shape index (κ3) is 3.87. The van der Waals surface area contributed by atoms with Gasteiger partial charge in [-0.1, -0.05) is 38.0 Å². The molecule has 0 spiro atoms. The maximum atomic E-state index is 13.0. The number of fused-ring (bicyclic) bond motifs is 2. The molecule has 0 unspecified atom stereocenters. The van der Waals surface area contributed by atoms with Gasteiger partial charge in [0.25, 0.3) is 5.91 Å². The fraction of sp³-hybridized carbons (Fsp3) is 0.500. The molecule has 2 aliphatic rings. The first-order valence-corrected chi connectivity index (χ1v) is 10.2. The van der Waals surface area contributed by atoms with E-state index < -0.39 is 5.97 Å². The molecule has 1 aliphatic carbocycles. The van der Waals surface area contributed by atoms with Crippen molar-refractivity contribution in [3.05, 3.63) is 41.1 Å². The van der Waals surface area contributed by atoms with E-state index in [-0.39, 0.29) is 18.6 Å². The highest BCUT2D eigenvalue weighted by atomic mass is 16.5.